The quantitative estimate of drug-likeness (QED) is 0.696. The maximum Gasteiger partial charge on any atom is 0.234 e. The van der Waals surface area contributed by atoms with Gasteiger partial charge in [0.25, 0.3) is 0 Å². The van der Waals surface area contributed by atoms with Crippen molar-refractivity contribution in [2.75, 3.05) is 13.1 Å². The smallest absolute Gasteiger partial charge is 0.234 e. The Morgan fingerprint density at radius 1 is 1.32 bits per heavy atom. The summed E-state index contributed by atoms with van der Waals surface area (Å²) in [6.07, 6.45) is 3.79. The fourth-order valence-corrected chi connectivity index (χ4v) is 4.63. The molecule has 146 valence electrons. The lowest BCUT2D eigenvalue weighted by Gasteiger charge is -2.25. The summed E-state index contributed by atoms with van der Waals surface area (Å²) >= 11 is 1.67. The Kier molecular flexibility index (Phi) is 5.54. The zero-order chi connectivity index (χ0) is 19.5. The van der Waals surface area contributed by atoms with Crippen molar-refractivity contribution >= 4 is 17.2 Å². The van der Waals surface area contributed by atoms with Crippen LogP contribution in [-0.2, 0) is 11.8 Å². The number of rotatable bonds is 6. The number of nitrogens with one attached hydrogen (secondary N) is 1. The number of benzene rings is 1. The van der Waals surface area contributed by atoms with Crippen LogP contribution in [0.25, 0.3) is 0 Å². The van der Waals surface area contributed by atoms with E-state index in [4.69, 9.17) is 0 Å². The van der Waals surface area contributed by atoms with E-state index >= 15 is 0 Å². The minimum Gasteiger partial charge on any atom is -0.343 e. The highest BCUT2D eigenvalue weighted by Gasteiger charge is 2.31. The minimum atomic E-state index is -0.121. The summed E-state index contributed by atoms with van der Waals surface area (Å²) in [5, 5.41) is 13.5. The van der Waals surface area contributed by atoms with Crippen molar-refractivity contribution in [3.8, 4) is 0 Å². The van der Waals surface area contributed by atoms with E-state index < -0.39 is 0 Å². The fourth-order valence-electron chi connectivity index (χ4n) is 3.83. The van der Waals surface area contributed by atoms with Crippen LogP contribution in [0.3, 0.4) is 0 Å². The summed E-state index contributed by atoms with van der Waals surface area (Å²) in [6.45, 7) is 3.34. The molecule has 0 bridgehead atoms. The molecule has 4 rings (SSSR count). The lowest BCUT2D eigenvalue weighted by atomic mass is 10.0. The second-order valence-electron chi connectivity index (χ2n) is 7.36. The predicted octanol–water partition coefficient (Wildman–Crippen LogP) is 3.23. The molecule has 0 spiro atoms. The zero-order valence-electron chi connectivity index (χ0n) is 16.2. The van der Waals surface area contributed by atoms with Crippen molar-refractivity contribution in [3.05, 3.63) is 69.9 Å². The van der Waals surface area contributed by atoms with Gasteiger partial charge < -0.3 is 9.88 Å². The van der Waals surface area contributed by atoms with Crippen LogP contribution < -0.4 is 5.32 Å². The number of hydrogen-bond acceptors (Lipinski definition) is 5. The molecule has 28 heavy (non-hydrogen) atoms. The van der Waals surface area contributed by atoms with E-state index in [1.807, 2.05) is 23.1 Å². The normalized spacial score (nSPS) is 18.3. The van der Waals surface area contributed by atoms with Crippen LogP contribution in [0.1, 0.15) is 46.8 Å². The maximum absolute atomic E-state index is 13.0. The Morgan fingerprint density at radius 2 is 2.14 bits per heavy atom. The van der Waals surface area contributed by atoms with Crippen LogP contribution >= 0.6 is 11.3 Å². The van der Waals surface area contributed by atoms with Gasteiger partial charge in [-0.2, -0.15) is 0 Å². The number of carbonyl (C=O) groups is 1. The number of aromatic nitrogens is 3. The van der Waals surface area contributed by atoms with Crippen molar-refractivity contribution in [3.63, 3.8) is 0 Å². The van der Waals surface area contributed by atoms with Gasteiger partial charge >= 0.3 is 0 Å². The fraction of sp³-hybridized carbons (Fsp3) is 0.381. The first-order valence-corrected chi connectivity index (χ1v) is 10.5. The molecular weight excluding hydrogens is 370 g/mol. The molecule has 1 aliphatic heterocycles. The monoisotopic (exact) mass is 395 g/mol. The number of amides is 1. The molecule has 2 aromatic heterocycles. The molecule has 0 radical (unpaired) electrons. The van der Waals surface area contributed by atoms with E-state index in [-0.39, 0.29) is 18.0 Å². The SMILES string of the molecule is Cc1ccc([C@@H](NC(=O)CN2CCC[C@H]2c2nncn2C)c2cccs2)cc1. The average Bonchev–Trinajstić information content (AvgIpc) is 3.42. The summed E-state index contributed by atoms with van der Waals surface area (Å²) < 4.78 is 1.95. The molecule has 6 nitrogen and oxygen atoms in total. The Labute approximate surface area is 169 Å². The first-order valence-electron chi connectivity index (χ1n) is 9.59. The van der Waals surface area contributed by atoms with E-state index in [0.717, 1.165) is 35.7 Å². The molecule has 1 amide bonds. The third kappa shape index (κ3) is 4.00. The largest absolute Gasteiger partial charge is 0.343 e. The molecule has 3 aromatic rings. The molecule has 1 aromatic carbocycles. The second-order valence-corrected chi connectivity index (χ2v) is 8.33. The first kappa shape index (κ1) is 18.8. The first-order chi connectivity index (χ1) is 13.6. The molecule has 1 aliphatic rings. The molecular formula is C21H25N5OS. The third-order valence-electron chi connectivity index (χ3n) is 5.30. The Morgan fingerprint density at radius 3 is 2.82 bits per heavy atom. The van der Waals surface area contributed by atoms with Gasteiger partial charge in [0.05, 0.1) is 18.6 Å². The summed E-state index contributed by atoms with van der Waals surface area (Å²) in [4.78, 5) is 16.3. The lowest BCUT2D eigenvalue weighted by Crippen LogP contribution is -2.39. The Balaban J connectivity index is 1.49. The number of carbonyl (C=O) groups excluding carboxylic acids is 1. The van der Waals surface area contributed by atoms with E-state index in [1.165, 1.54) is 5.56 Å². The second kappa shape index (κ2) is 8.24. The van der Waals surface area contributed by atoms with Gasteiger partial charge in [0.1, 0.15) is 12.2 Å². The van der Waals surface area contributed by atoms with Gasteiger partial charge in [0.15, 0.2) is 0 Å². The third-order valence-corrected chi connectivity index (χ3v) is 6.24. The van der Waals surface area contributed by atoms with Crippen LogP contribution in [0.15, 0.2) is 48.1 Å². The molecule has 7 heteroatoms. The van der Waals surface area contributed by atoms with Crippen LogP contribution in [0.4, 0.5) is 0 Å². The van der Waals surface area contributed by atoms with E-state index in [0.29, 0.717) is 6.54 Å². The number of likely N-dealkylation sites (tertiary alicyclic amines) is 1. The summed E-state index contributed by atoms with van der Waals surface area (Å²) in [5.74, 6) is 0.965. The highest BCUT2D eigenvalue weighted by atomic mass is 32.1. The molecule has 0 aliphatic carbocycles. The zero-order valence-corrected chi connectivity index (χ0v) is 17.0. The van der Waals surface area contributed by atoms with Gasteiger partial charge in [-0.3, -0.25) is 9.69 Å². The van der Waals surface area contributed by atoms with Crippen LogP contribution in [-0.4, -0.2) is 38.7 Å². The van der Waals surface area contributed by atoms with Gasteiger partial charge in [-0.05, 0) is 43.3 Å². The standard InChI is InChI=1S/C21H25N5OS/c1-15-7-9-16(10-8-15)20(18-6-4-12-28-18)23-19(27)13-26-11-3-5-17(26)21-24-22-14-25(21)2/h4,6-10,12,14,17,20H,3,5,11,13H2,1-2H3,(H,23,27)/t17-,20+/m0/s1. The van der Waals surface area contributed by atoms with E-state index in [2.05, 4.69) is 57.7 Å². The van der Waals surface area contributed by atoms with Gasteiger partial charge in [0, 0.05) is 11.9 Å². The molecule has 1 fully saturated rings. The topological polar surface area (TPSA) is 63.1 Å². The minimum absolute atomic E-state index is 0.0352. The van der Waals surface area contributed by atoms with Crippen molar-refractivity contribution in [1.82, 2.24) is 25.0 Å². The van der Waals surface area contributed by atoms with Crippen LogP contribution in [0.5, 0.6) is 0 Å². The van der Waals surface area contributed by atoms with Gasteiger partial charge in [-0.1, -0.05) is 35.9 Å². The van der Waals surface area contributed by atoms with Gasteiger partial charge in [-0.25, -0.2) is 0 Å². The van der Waals surface area contributed by atoms with Crippen molar-refractivity contribution in [2.24, 2.45) is 7.05 Å². The summed E-state index contributed by atoms with van der Waals surface area (Å²) in [7, 11) is 1.95. The highest BCUT2D eigenvalue weighted by Crippen LogP contribution is 2.30. The average molecular weight is 396 g/mol. The molecule has 0 saturated carbocycles. The van der Waals surface area contributed by atoms with Gasteiger partial charge in [0.2, 0.25) is 5.91 Å². The number of aryl methyl sites for hydroxylation is 2. The maximum atomic E-state index is 13.0. The number of thiophene rings is 1. The summed E-state index contributed by atoms with van der Waals surface area (Å²) in [6, 6.07) is 12.5. The van der Waals surface area contributed by atoms with Crippen LogP contribution in [0, 0.1) is 6.92 Å². The van der Waals surface area contributed by atoms with E-state index in [1.54, 1.807) is 17.7 Å². The summed E-state index contributed by atoms with van der Waals surface area (Å²) in [5.41, 5.74) is 2.32. The van der Waals surface area contributed by atoms with Gasteiger partial charge in [-0.15, -0.1) is 21.5 Å². The molecule has 0 unspecified atom stereocenters. The molecule has 1 saturated heterocycles. The molecule has 1 N–H and O–H groups in total. The lowest BCUT2D eigenvalue weighted by molar-refractivity contribution is -0.123. The Bertz CT molecular complexity index is 919. The Hall–Kier alpha value is -2.51. The number of hydrogen-bond donors (Lipinski definition) is 1. The predicted molar refractivity (Wildman–Crippen MR) is 110 cm³/mol. The van der Waals surface area contributed by atoms with Crippen LogP contribution in [0.2, 0.25) is 0 Å². The van der Waals surface area contributed by atoms with Crippen molar-refractivity contribution in [2.45, 2.75) is 31.8 Å². The highest BCUT2D eigenvalue weighted by molar-refractivity contribution is 7.10. The molecule has 3 heterocycles. The molecule has 2 atom stereocenters. The van der Waals surface area contributed by atoms with Crippen molar-refractivity contribution < 1.29 is 4.79 Å². The number of nitrogens with zero attached hydrogens (tertiary/aromatic N) is 4. The van der Waals surface area contributed by atoms with Crippen molar-refractivity contribution in [1.29, 1.82) is 0 Å². The van der Waals surface area contributed by atoms with E-state index in [9.17, 15) is 4.79 Å².